The summed E-state index contributed by atoms with van der Waals surface area (Å²) >= 11 is 3.13. The van der Waals surface area contributed by atoms with Crippen molar-refractivity contribution in [3.8, 4) is 0 Å². The maximum absolute atomic E-state index is 11.9. The minimum atomic E-state index is -0.0925. The van der Waals surface area contributed by atoms with E-state index < -0.39 is 0 Å². The standard InChI is InChI=1S/C15H25N3OS2/c1-17-14(19)12-11(16)13(20-3)15(21-12)18(2)9-10-7-5-4-6-8-10/h10H,4-9,16H2,1-3H3,(H,17,19). The van der Waals surface area contributed by atoms with Crippen LogP contribution < -0.4 is 16.0 Å². The number of thioether (sulfide) groups is 1. The van der Waals surface area contributed by atoms with E-state index in [9.17, 15) is 4.79 Å². The number of nitrogens with two attached hydrogens (primary N) is 1. The highest BCUT2D eigenvalue weighted by molar-refractivity contribution is 7.99. The van der Waals surface area contributed by atoms with Gasteiger partial charge in [0.2, 0.25) is 0 Å². The van der Waals surface area contributed by atoms with E-state index in [-0.39, 0.29) is 5.91 Å². The summed E-state index contributed by atoms with van der Waals surface area (Å²) in [6.45, 7) is 1.06. The number of nitrogens with zero attached hydrogens (tertiary/aromatic N) is 1. The third-order valence-corrected chi connectivity index (χ3v) is 6.39. The zero-order chi connectivity index (χ0) is 15.4. The van der Waals surface area contributed by atoms with Gasteiger partial charge in [0.25, 0.3) is 5.91 Å². The Balaban J connectivity index is 2.19. The van der Waals surface area contributed by atoms with Gasteiger partial charge in [0, 0.05) is 20.6 Å². The molecule has 1 aromatic rings. The van der Waals surface area contributed by atoms with Crippen molar-refractivity contribution in [2.45, 2.75) is 37.0 Å². The average molecular weight is 328 g/mol. The van der Waals surface area contributed by atoms with Gasteiger partial charge in [-0.15, -0.1) is 23.1 Å². The Morgan fingerprint density at radius 2 is 2.10 bits per heavy atom. The summed E-state index contributed by atoms with van der Waals surface area (Å²) in [4.78, 5) is 15.9. The summed E-state index contributed by atoms with van der Waals surface area (Å²) in [7, 11) is 3.76. The summed E-state index contributed by atoms with van der Waals surface area (Å²) in [6.07, 6.45) is 8.74. The van der Waals surface area contributed by atoms with E-state index >= 15 is 0 Å². The highest BCUT2D eigenvalue weighted by atomic mass is 32.2. The molecule has 0 saturated heterocycles. The lowest BCUT2D eigenvalue weighted by molar-refractivity contribution is 0.0968. The van der Waals surface area contributed by atoms with E-state index in [1.165, 1.54) is 43.4 Å². The average Bonchev–Trinajstić information content (AvgIpc) is 2.84. The largest absolute Gasteiger partial charge is 0.396 e. The van der Waals surface area contributed by atoms with Crippen molar-refractivity contribution in [3.05, 3.63) is 4.88 Å². The number of carbonyl (C=O) groups is 1. The minimum Gasteiger partial charge on any atom is -0.396 e. The predicted octanol–water partition coefficient (Wildman–Crippen LogP) is 3.43. The molecule has 1 aromatic heterocycles. The van der Waals surface area contributed by atoms with Crippen molar-refractivity contribution in [1.29, 1.82) is 0 Å². The lowest BCUT2D eigenvalue weighted by Crippen LogP contribution is -2.26. The van der Waals surface area contributed by atoms with Gasteiger partial charge in [0.05, 0.1) is 10.6 Å². The summed E-state index contributed by atoms with van der Waals surface area (Å²) in [5.41, 5.74) is 6.79. The fourth-order valence-corrected chi connectivity index (χ4v) is 5.11. The van der Waals surface area contributed by atoms with Crippen LogP contribution in [0.4, 0.5) is 10.7 Å². The molecule has 1 heterocycles. The lowest BCUT2D eigenvalue weighted by atomic mass is 9.89. The summed E-state index contributed by atoms with van der Waals surface area (Å²) in [5.74, 6) is 0.676. The SMILES string of the molecule is CNC(=O)c1sc(N(C)CC2CCCCC2)c(SC)c1N. The Kier molecular flexibility index (Phi) is 5.81. The van der Waals surface area contributed by atoms with E-state index in [1.54, 1.807) is 18.8 Å². The third kappa shape index (κ3) is 3.66. The first-order valence-corrected chi connectivity index (χ1v) is 9.52. The van der Waals surface area contributed by atoms with Crippen molar-refractivity contribution in [2.24, 2.45) is 5.92 Å². The van der Waals surface area contributed by atoms with Crippen LogP contribution in [0.15, 0.2) is 4.90 Å². The first kappa shape index (κ1) is 16.5. The second kappa shape index (κ2) is 7.40. The van der Waals surface area contributed by atoms with Crippen LogP contribution in [0.1, 0.15) is 41.8 Å². The van der Waals surface area contributed by atoms with Gasteiger partial charge in [-0.3, -0.25) is 4.79 Å². The Hall–Kier alpha value is -0.880. The second-order valence-corrected chi connectivity index (χ2v) is 7.46. The summed E-state index contributed by atoms with van der Waals surface area (Å²) in [6, 6.07) is 0. The molecule has 3 N–H and O–H groups in total. The van der Waals surface area contributed by atoms with Gasteiger partial charge >= 0.3 is 0 Å². The topological polar surface area (TPSA) is 58.4 Å². The predicted molar refractivity (Wildman–Crippen MR) is 93.7 cm³/mol. The Bertz CT molecular complexity index is 495. The smallest absolute Gasteiger partial charge is 0.263 e. The van der Waals surface area contributed by atoms with Crippen LogP contribution in [0.25, 0.3) is 0 Å². The molecule has 0 aromatic carbocycles. The van der Waals surface area contributed by atoms with Crippen molar-refractivity contribution in [1.82, 2.24) is 5.32 Å². The van der Waals surface area contributed by atoms with Gasteiger partial charge < -0.3 is 16.0 Å². The molecule has 2 rings (SSSR count). The molecule has 0 radical (unpaired) electrons. The number of rotatable bonds is 5. The van der Waals surface area contributed by atoms with Crippen LogP contribution in [0.5, 0.6) is 0 Å². The van der Waals surface area contributed by atoms with Gasteiger partial charge in [0.1, 0.15) is 9.88 Å². The molecule has 1 fully saturated rings. The molecule has 1 aliphatic rings. The maximum Gasteiger partial charge on any atom is 0.263 e. The lowest BCUT2D eigenvalue weighted by Gasteiger charge is -2.28. The van der Waals surface area contributed by atoms with Crippen molar-refractivity contribution in [3.63, 3.8) is 0 Å². The molecule has 0 spiro atoms. The van der Waals surface area contributed by atoms with Crippen LogP contribution in [0.2, 0.25) is 0 Å². The summed E-state index contributed by atoms with van der Waals surface area (Å²) < 4.78 is 0. The number of nitrogens with one attached hydrogen (secondary N) is 1. The van der Waals surface area contributed by atoms with E-state index in [0.717, 1.165) is 22.4 Å². The molecule has 0 bridgehead atoms. The fraction of sp³-hybridized carbons (Fsp3) is 0.667. The number of hydrogen-bond acceptors (Lipinski definition) is 5. The van der Waals surface area contributed by atoms with Crippen LogP contribution in [-0.2, 0) is 0 Å². The molecule has 1 amide bonds. The maximum atomic E-state index is 11.9. The third-order valence-electron chi connectivity index (χ3n) is 4.12. The molecule has 0 unspecified atom stereocenters. The highest BCUT2D eigenvalue weighted by Gasteiger charge is 2.24. The minimum absolute atomic E-state index is 0.0925. The van der Waals surface area contributed by atoms with Gasteiger partial charge in [-0.2, -0.15) is 0 Å². The first-order chi connectivity index (χ1) is 10.1. The zero-order valence-electron chi connectivity index (χ0n) is 13.1. The first-order valence-electron chi connectivity index (χ1n) is 7.48. The molecule has 6 heteroatoms. The van der Waals surface area contributed by atoms with E-state index in [0.29, 0.717) is 10.6 Å². The fourth-order valence-electron chi connectivity index (χ4n) is 2.99. The molecule has 4 nitrogen and oxygen atoms in total. The number of anilines is 2. The number of nitrogen functional groups attached to an aromatic ring is 1. The Labute approximate surface area is 135 Å². The van der Waals surface area contributed by atoms with E-state index in [1.807, 2.05) is 6.26 Å². The molecular weight excluding hydrogens is 302 g/mol. The molecule has 0 atom stereocenters. The molecular formula is C15H25N3OS2. The Morgan fingerprint density at radius 1 is 1.43 bits per heavy atom. The van der Waals surface area contributed by atoms with Gasteiger partial charge in [-0.05, 0) is 25.0 Å². The highest BCUT2D eigenvalue weighted by Crippen LogP contribution is 2.43. The van der Waals surface area contributed by atoms with Crippen LogP contribution in [0.3, 0.4) is 0 Å². The Morgan fingerprint density at radius 3 is 2.67 bits per heavy atom. The van der Waals surface area contributed by atoms with E-state index in [2.05, 4.69) is 17.3 Å². The molecule has 0 aliphatic heterocycles. The normalized spacial score (nSPS) is 16.0. The quantitative estimate of drug-likeness (QED) is 0.814. The zero-order valence-corrected chi connectivity index (χ0v) is 14.7. The molecule has 21 heavy (non-hydrogen) atoms. The molecule has 1 aliphatic carbocycles. The molecule has 118 valence electrons. The number of carbonyl (C=O) groups excluding carboxylic acids is 1. The second-order valence-electron chi connectivity index (χ2n) is 5.65. The van der Waals surface area contributed by atoms with E-state index in [4.69, 9.17) is 5.73 Å². The number of thiophene rings is 1. The summed E-state index contributed by atoms with van der Waals surface area (Å²) in [5, 5.41) is 3.80. The van der Waals surface area contributed by atoms with Gasteiger partial charge in [0.15, 0.2) is 0 Å². The number of amides is 1. The van der Waals surface area contributed by atoms with Crippen LogP contribution in [-0.4, -0.2) is 32.8 Å². The molecule has 1 saturated carbocycles. The van der Waals surface area contributed by atoms with Crippen molar-refractivity contribution >= 4 is 39.7 Å². The van der Waals surface area contributed by atoms with Crippen LogP contribution >= 0.6 is 23.1 Å². The van der Waals surface area contributed by atoms with Crippen molar-refractivity contribution < 1.29 is 4.79 Å². The monoisotopic (exact) mass is 327 g/mol. The van der Waals surface area contributed by atoms with Gasteiger partial charge in [-0.25, -0.2) is 0 Å². The number of hydrogen-bond donors (Lipinski definition) is 2. The van der Waals surface area contributed by atoms with Gasteiger partial charge in [-0.1, -0.05) is 19.3 Å². The van der Waals surface area contributed by atoms with Crippen molar-refractivity contribution in [2.75, 3.05) is 37.5 Å². The van der Waals surface area contributed by atoms with Crippen LogP contribution in [0, 0.1) is 5.92 Å².